The largest absolute Gasteiger partial charge is 0.485 e. The smallest absolute Gasteiger partial charge is 0.237 e. The molecule has 8 heteroatoms. The maximum atomic E-state index is 6.02. The van der Waals surface area contributed by atoms with Crippen molar-refractivity contribution in [3.8, 4) is 11.4 Å². The second-order valence-electron chi connectivity index (χ2n) is 6.77. The molecule has 2 aromatic carbocycles. The number of thioether (sulfide) groups is 1. The van der Waals surface area contributed by atoms with Gasteiger partial charge in [-0.2, -0.15) is 4.98 Å². The van der Waals surface area contributed by atoms with Crippen LogP contribution >= 0.6 is 11.8 Å². The zero-order chi connectivity index (χ0) is 20.8. The molecule has 154 valence electrons. The van der Waals surface area contributed by atoms with Crippen LogP contribution in [0.5, 0.6) is 5.75 Å². The number of para-hydroxylation sites is 2. The summed E-state index contributed by atoms with van der Waals surface area (Å²) in [6.45, 7) is 4.43. The van der Waals surface area contributed by atoms with Crippen LogP contribution in [0.4, 0.5) is 0 Å². The van der Waals surface area contributed by atoms with Gasteiger partial charge >= 0.3 is 0 Å². The number of benzene rings is 2. The lowest BCUT2D eigenvalue weighted by Gasteiger charge is -2.11. The molecule has 0 spiro atoms. The van der Waals surface area contributed by atoms with Crippen LogP contribution in [0.2, 0.25) is 0 Å². The first-order chi connectivity index (χ1) is 14.7. The van der Waals surface area contributed by atoms with E-state index in [0.29, 0.717) is 18.3 Å². The first-order valence-electron chi connectivity index (χ1n) is 9.87. The molecule has 30 heavy (non-hydrogen) atoms. The highest BCUT2D eigenvalue weighted by molar-refractivity contribution is 7.98. The highest BCUT2D eigenvalue weighted by Crippen LogP contribution is 2.26. The van der Waals surface area contributed by atoms with E-state index in [-0.39, 0.29) is 0 Å². The average molecular weight is 422 g/mol. The van der Waals surface area contributed by atoms with Crippen LogP contribution in [0, 0.1) is 6.92 Å². The zero-order valence-electron chi connectivity index (χ0n) is 17.0. The zero-order valence-corrected chi connectivity index (χ0v) is 17.8. The molecular weight excluding hydrogens is 398 g/mol. The van der Waals surface area contributed by atoms with E-state index >= 15 is 0 Å². The fourth-order valence-electron chi connectivity index (χ4n) is 2.98. The third-order valence-corrected chi connectivity index (χ3v) is 5.39. The van der Waals surface area contributed by atoms with Crippen molar-refractivity contribution in [2.24, 2.45) is 0 Å². The molecule has 2 heterocycles. The molecule has 0 aliphatic rings. The lowest BCUT2D eigenvalue weighted by molar-refractivity contribution is 0.291. The Morgan fingerprint density at radius 1 is 1.03 bits per heavy atom. The molecule has 2 aromatic heterocycles. The molecule has 4 rings (SSSR count). The predicted molar refractivity (Wildman–Crippen MR) is 115 cm³/mol. The van der Waals surface area contributed by atoms with Gasteiger partial charge in [0.15, 0.2) is 16.8 Å². The minimum atomic E-state index is 0.314. The van der Waals surface area contributed by atoms with Gasteiger partial charge in [-0.05, 0) is 37.1 Å². The van der Waals surface area contributed by atoms with Crippen LogP contribution in [-0.2, 0) is 18.8 Å². The van der Waals surface area contributed by atoms with Gasteiger partial charge in [0.05, 0.1) is 5.75 Å². The Morgan fingerprint density at radius 2 is 1.83 bits per heavy atom. The summed E-state index contributed by atoms with van der Waals surface area (Å²) in [6.07, 6.45) is 1.80. The van der Waals surface area contributed by atoms with E-state index in [1.54, 1.807) is 0 Å². The highest BCUT2D eigenvalue weighted by Gasteiger charge is 2.17. The topological polar surface area (TPSA) is 78.9 Å². The number of hydrogen-bond acceptors (Lipinski definition) is 7. The Balaban J connectivity index is 1.55. The molecule has 0 atom stereocenters. The number of hydrogen-bond donors (Lipinski definition) is 0. The molecule has 0 radical (unpaired) electrons. The summed E-state index contributed by atoms with van der Waals surface area (Å²) < 4.78 is 13.4. The fourth-order valence-corrected chi connectivity index (χ4v) is 3.79. The molecule has 0 aliphatic carbocycles. The SMILES string of the molecule is CCCc1noc(CSc2nnc(COc3ccccc3C)n2-c2ccccc2)n1. The van der Waals surface area contributed by atoms with Crippen LogP contribution in [0.3, 0.4) is 0 Å². The summed E-state index contributed by atoms with van der Waals surface area (Å²) in [6, 6.07) is 17.9. The van der Waals surface area contributed by atoms with Crippen molar-refractivity contribution >= 4 is 11.8 Å². The molecule has 0 bridgehead atoms. The van der Waals surface area contributed by atoms with Crippen molar-refractivity contribution in [2.75, 3.05) is 0 Å². The third-order valence-electron chi connectivity index (χ3n) is 4.47. The predicted octanol–water partition coefficient (Wildman–Crippen LogP) is 4.78. The van der Waals surface area contributed by atoms with E-state index < -0.39 is 0 Å². The number of rotatable bonds is 9. The molecule has 7 nitrogen and oxygen atoms in total. The number of aromatic nitrogens is 5. The maximum absolute atomic E-state index is 6.02. The summed E-state index contributed by atoms with van der Waals surface area (Å²) in [7, 11) is 0. The number of nitrogens with zero attached hydrogens (tertiary/aromatic N) is 5. The summed E-state index contributed by atoms with van der Waals surface area (Å²) >= 11 is 1.51. The van der Waals surface area contributed by atoms with Crippen molar-refractivity contribution in [2.45, 2.75) is 44.2 Å². The minimum Gasteiger partial charge on any atom is -0.485 e. The van der Waals surface area contributed by atoms with Crippen molar-refractivity contribution < 1.29 is 9.26 Å². The van der Waals surface area contributed by atoms with Gasteiger partial charge < -0.3 is 9.26 Å². The van der Waals surface area contributed by atoms with E-state index in [1.165, 1.54) is 11.8 Å². The normalized spacial score (nSPS) is 11.0. The lowest BCUT2D eigenvalue weighted by atomic mass is 10.2. The van der Waals surface area contributed by atoms with E-state index in [9.17, 15) is 0 Å². The van der Waals surface area contributed by atoms with E-state index in [4.69, 9.17) is 9.26 Å². The molecular formula is C22H23N5O2S. The van der Waals surface area contributed by atoms with Crippen molar-refractivity contribution in [1.29, 1.82) is 0 Å². The Kier molecular flexibility index (Phi) is 6.44. The Bertz CT molecular complexity index is 1090. The van der Waals surface area contributed by atoms with E-state index in [2.05, 4.69) is 27.3 Å². The molecule has 0 fully saturated rings. The summed E-state index contributed by atoms with van der Waals surface area (Å²) in [5, 5.41) is 13.5. The van der Waals surface area contributed by atoms with Crippen molar-refractivity contribution in [3.05, 3.63) is 77.7 Å². The summed E-state index contributed by atoms with van der Waals surface area (Å²) in [5.74, 6) is 3.42. The maximum Gasteiger partial charge on any atom is 0.237 e. The van der Waals surface area contributed by atoms with Crippen LogP contribution < -0.4 is 4.74 Å². The third kappa shape index (κ3) is 4.71. The van der Waals surface area contributed by atoms with Crippen LogP contribution in [0.25, 0.3) is 5.69 Å². The molecule has 0 saturated heterocycles. The van der Waals surface area contributed by atoms with Gasteiger partial charge in [0.2, 0.25) is 5.89 Å². The van der Waals surface area contributed by atoms with Crippen LogP contribution in [0.1, 0.15) is 36.4 Å². The fraction of sp³-hybridized carbons (Fsp3) is 0.273. The summed E-state index contributed by atoms with van der Waals surface area (Å²) in [4.78, 5) is 4.43. The first-order valence-corrected chi connectivity index (χ1v) is 10.9. The Morgan fingerprint density at radius 3 is 2.63 bits per heavy atom. The van der Waals surface area contributed by atoms with E-state index in [1.807, 2.05) is 66.1 Å². The molecule has 0 N–H and O–H groups in total. The highest BCUT2D eigenvalue weighted by atomic mass is 32.2. The van der Waals surface area contributed by atoms with Gasteiger partial charge in [-0.25, -0.2) is 0 Å². The first kappa shape index (κ1) is 20.2. The second kappa shape index (κ2) is 9.58. The van der Waals surface area contributed by atoms with Crippen LogP contribution in [-0.4, -0.2) is 24.9 Å². The van der Waals surface area contributed by atoms with Crippen LogP contribution in [0.15, 0.2) is 64.3 Å². The van der Waals surface area contributed by atoms with Crippen molar-refractivity contribution in [1.82, 2.24) is 24.9 Å². The monoisotopic (exact) mass is 421 g/mol. The van der Waals surface area contributed by atoms with Gasteiger partial charge in [-0.1, -0.05) is 60.2 Å². The number of aryl methyl sites for hydroxylation is 2. The Labute approximate surface area is 179 Å². The Hall–Kier alpha value is -3.13. The average Bonchev–Trinajstić information content (AvgIpc) is 3.39. The molecule has 0 amide bonds. The number of ether oxygens (including phenoxy) is 1. The minimum absolute atomic E-state index is 0.314. The molecule has 0 unspecified atom stereocenters. The standard InChI is InChI=1S/C22H23N5O2S/c1-3-9-19-23-21(29-26-19)15-30-22-25-24-20(27(22)17-11-5-4-6-12-17)14-28-18-13-8-7-10-16(18)2/h4-8,10-13H,3,9,14-15H2,1-2H3. The second-order valence-corrected chi connectivity index (χ2v) is 7.71. The van der Waals surface area contributed by atoms with Gasteiger partial charge in [-0.3, -0.25) is 4.57 Å². The van der Waals surface area contributed by atoms with Gasteiger partial charge in [0, 0.05) is 12.1 Å². The molecule has 4 aromatic rings. The van der Waals surface area contributed by atoms with E-state index in [0.717, 1.165) is 46.6 Å². The summed E-state index contributed by atoms with van der Waals surface area (Å²) in [5.41, 5.74) is 2.06. The van der Waals surface area contributed by atoms with Gasteiger partial charge in [-0.15, -0.1) is 10.2 Å². The van der Waals surface area contributed by atoms with Crippen molar-refractivity contribution in [3.63, 3.8) is 0 Å². The molecule has 0 saturated carbocycles. The lowest BCUT2D eigenvalue weighted by Crippen LogP contribution is -2.07. The van der Waals surface area contributed by atoms with Gasteiger partial charge in [0.25, 0.3) is 0 Å². The quantitative estimate of drug-likeness (QED) is 0.360. The molecule has 0 aliphatic heterocycles. The van der Waals surface area contributed by atoms with Gasteiger partial charge in [0.1, 0.15) is 12.4 Å².